The molecule has 1 aliphatic rings. The van der Waals surface area contributed by atoms with E-state index in [1.165, 1.54) is 10.5 Å². The number of benzene rings is 1. The van der Waals surface area contributed by atoms with E-state index < -0.39 is 6.09 Å². The van der Waals surface area contributed by atoms with Crippen molar-refractivity contribution in [3.8, 4) is 0 Å². The van der Waals surface area contributed by atoms with Crippen molar-refractivity contribution in [3.63, 3.8) is 0 Å². The van der Waals surface area contributed by atoms with Gasteiger partial charge >= 0.3 is 6.09 Å². The number of halogens is 1. The second-order valence-corrected chi connectivity index (χ2v) is 7.08. The minimum absolute atomic E-state index is 0.00721. The zero-order chi connectivity index (χ0) is 18.1. The molecule has 0 aromatic heterocycles. The van der Waals surface area contributed by atoms with Crippen molar-refractivity contribution < 1.29 is 24.1 Å². The van der Waals surface area contributed by atoms with Gasteiger partial charge in [0.05, 0.1) is 19.3 Å². The fourth-order valence-electron chi connectivity index (χ4n) is 3.06. The predicted octanol–water partition coefficient (Wildman–Crippen LogP) is 3.39. The Morgan fingerprint density at radius 2 is 2.12 bits per heavy atom. The number of ether oxygens (including phenoxy) is 3. The van der Waals surface area contributed by atoms with Gasteiger partial charge in [0.2, 0.25) is 0 Å². The van der Waals surface area contributed by atoms with Crippen molar-refractivity contribution in [1.29, 1.82) is 0 Å². The molecular weight excluding hydrogens is 390 g/mol. The smallest absolute Gasteiger partial charge is 0.407 e. The van der Waals surface area contributed by atoms with Gasteiger partial charge in [-0.1, -0.05) is 28.1 Å². The van der Waals surface area contributed by atoms with Gasteiger partial charge in [0.1, 0.15) is 6.79 Å². The van der Waals surface area contributed by atoms with E-state index in [-0.39, 0.29) is 12.9 Å². The topological polar surface area (TPSA) is 68.2 Å². The molecule has 7 heteroatoms. The molecule has 0 radical (unpaired) electrons. The van der Waals surface area contributed by atoms with Crippen molar-refractivity contribution in [2.45, 2.75) is 25.4 Å². The molecule has 0 saturated carbocycles. The van der Waals surface area contributed by atoms with Crippen LogP contribution in [0.1, 0.15) is 18.4 Å². The molecule has 0 bridgehead atoms. The molecular formula is C18H26BrNO5. The van der Waals surface area contributed by atoms with Crippen molar-refractivity contribution in [3.05, 3.63) is 34.3 Å². The zero-order valence-corrected chi connectivity index (χ0v) is 16.1. The van der Waals surface area contributed by atoms with E-state index in [2.05, 4.69) is 28.1 Å². The summed E-state index contributed by atoms with van der Waals surface area (Å²) in [5.74, 6) is 0.320. The molecule has 0 aliphatic carbocycles. The maximum Gasteiger partial charge on any atom is 0.407 e. The van der Waals surface area contributed by atoms with Crippen molar-refractivity contribution in [2.24, 2.45) is 5.92 Å². The van der Waals surface area contributed by atoms with E-state index in [4.69, 9.17) is 19.3 Å². The molecule has 1 atom stereocenters. The lowest BCUT2D eigenvalue weighted by atomic mass is 9.88. The van der Waals surface area contributed by atoms with Crippen LogP contribution in [0.15, 0.2) is 28.7 Å². The van der Waals surface area contributed by atoms with Crippen LogP contribution < -0.4 is 0 Å². The van der Waals surface area contributed by atoms with E-state index in [1.807, 2.05) is 12.1 Å². The number of nitrogens with zero attached hydrogens (tertiary/aromatic N) is 1. The van der Waals surface area contributed by atoms with Crippen LogP contribution in [0, 0.1) is 5.92 Å². The molecule has 1 unspecified atom stereocenters. The van der Waals surface area contributed by atoms with Gasteiger partial charge in [-0.25, -0.2) is 4.79 Å². The van der Waals surface area contributed by atoms with Crippen LogP contribution in [0.3, 0.4) is 0 Å². The normalized spacial score (nSPS) is 16.8. The maximum atomic E-state index is 11.1. The summed E-state index contributed by atoms with van der Waals surface area (Å²) in [4.78, 5) is 12.6. The zero-order valence-electron chi connectivity index (χ0n) is 14.5. The largest absolute Gasteiger partial charge is 0.465 e. The van der Waals surface area contributed by atoms with Gasteiger partial charge in [-0.2, -0.15) is 0 Å². The summed E-state index contributed by atoms with van der Waals surface area (Å²) >= 11 is 3.50. The third-order valence-electron chi connectivity index (χ3n) is 4.46. The van der Waals surface area contributed by atoms with E-state index in [0.29, 0.717) is 32.2 Å². The van der Waals surface area contributed by atoms with Crippen LogP contribution in [0.25, 0.3) is 0 Å². The van der Waals surface area contributed by atoms with E-state index in [9.17, 15) is 4.79 Å². The first-order valence-electron chi connectivity index (χ1n) is 8.50. The molecule has 1 N–H and O–H groups in total. The summed E-state index contributed by atoms with van der Waals surface area (Å²) in [6.07, 6.45) is 1.57. The minimum atomic E-state index is -0.842. The summed E-state index contributed by atoms with van der Waals surface area (Å²) in [7, 11) is 1.64. The molecule has 140 valence electrons. The fourth-order valence-corrected chi connectivity index (χ4v) is 3.50. The van der Waals surface area contributed by atoms with Gasteiger partial charge in [-0.05, 0) is 42.9 Å². The highest BCUT2D eigenvalue weighted by molar-refractivity contribution is 9.10. The third kappa shape index (κ3) is 6.93. The Balaban J connectivity index is 1.93. The molecule has 1 amide bonds. The van der Waals surface area contributed by atoms with Gasteiger partial charge < -0.3 is 24.2 Å². The van der Waals surface area contributed by atoms with Crippen LogP contribution in [0.4, 0.5) is 4.79 Å². The Morgan fingerprint density at radius 3 is 2.76 bits per heavy atom. The Labute approximate surface area is 157 Å². The molecule has 1 aromatic carbocycles. The highest BCUT2D eigenvalue weighted by Crippen LogP contribution is 2.26. The second-order valence-electron chi connectivity index (χ2n) is 6.17. The van der Waals surface area contributed by atoms with Crippen molar-refractivity contribution in [2.75, 3.05) is 40.2 Å². The van der Waals surface area contributed by atoms with Crippen LogP contribution >= 0.6 is 15.9 Å². The summed E-state index contributed by atoms with van der Waals surface area (Å²) < 4.78 is 17.5. The Hall–Kier alpha value is -1.15. The number of rotatable bonds is 9. The van der Waals surface area contributed by atoms with Crippen molar-refractivity contribution in [1.82, 2.24) is 4.90 Å². The summed E-state index contributed by atoms with van der Waals surface area (Å²) in [6.45, 7) is 2.38. The Morgan fingerprint density at radius 1 is 1.36 bits per heavy atom. The Kier molecular flexibility index (Phi) is 8.67. The summed E-state index contributed by atoms with van der Waals surface area (Å²) in [6, 6.07) is 8.19. The predicted molar refractivity (Wildman–Crippen MR) is 97.7 cm³/mol. The molecule has 0 spiro atoms. The molecule has 2 rings (SSSR count). The molecule has 1 fully saturated rings. The monoisotopic (exact) mass is 415 g/mol. The standard InChI is InChI=1S/C18H26BrNO5/c1-23-9-10-24-13-25-17(12-14-3-2-4-16(19)11-14)15-5-7-20(8-6-15)18(21)22/h2-4,11,15,17H,5-10,12-13H2,1H3,(H,21,22). The number of piperidine rings is 1. The number of carbonyl (C=O) groups is 1. The lowest BCUT2D eigenvalue weighted by molar-refractivity contribution is -0.117. The highest BCUT2D eigenvalue weighted by Gasteiger charge is 2.29. The minimum Gasteiger partial charge on any atom is -0.465 e. The third-order valence-corrected chi connectivity index (χ3v) is 4.95. The SMILES string of the molecule is COCCOCOC(Cc1cccc(Br)c1)C1CCN(C(=O)O)CC1. The molecule has 6 nitrogen and oxygen atoms in total. The fraction of sp³-hybridized carbons (Fsp3) is 0.611. The van der Waals surface area contributed by atoms with Crippen LogP contribution in [0.2, 0.25) is 0 Å². The maximum absolute atomic E-state index is 11.1. The second kappa shape index (κ2) is 10.8. The number of hydrogen-bond donors (Lipinski definition) is 1. The Bertz CT molecular complexity index is 534. The molecule has 1 aliphatic heterocycles. The van der Waals surface area contributed by atoms with E-state index >= 15 is 0 Å². The van der Waals surface area contributed by atoms with E-state index in [0.717, 1.165) is 23.7 Å². The highest BCUT2D eigenvalue weighted by atomic mass is 79.9. The van der Waals surface area contributed by atoms with Gasteiger partial charge in [0, 0.05) is 24.7 Å². The first kappa shape index (κ1) is 20.2. The summed E-state index contributed by atoms with van der Waals surface area (Å²) in [5, 5.41) is 9.11. The first-order chi connectivity index (χ1) is 12.1. The lowest BCUT2D eigenvalue weighted by Crippen LogP contribution is -2.41. The molecule has 1 heterocycles. The van der Waals surface area contributed by atoms with Crippen LogP contribution in [-0.4, -0.2) is 62.4 Å². The average Bonchev–Trinajstić information content (AvgIpc) is 2.60. The molecule has 1 aromatic rings. The number of carboxylic acid groups (broad SMARTS) is 1. The van der Waals surface area contributed by atoms with Gasteiger partial charge in [-0.3, -0.25) is 0 Å². The molecule has 25 heavy (non-hydrogen) atoms. The van der Waals surface area contributed by atoms with Crippen LogP contribution in [0.5, 0.6) is 0 Å². The number of hydrogen-bond acceptors (Lipinski definition) is 4. The lowest BCUT2D eigenvalue weighted by Gasteiger charge is -2.34. The quantitative estimate of drug-likeness (QED) is 0.494. The van der Waals surface area contributed by atoms with Gasteiger partial charge in [0.25, 0.3) is 0 Å². The van der Waals surface area contributed by atoms with Gasteiger partial charge in [-0.15, -0.1) is 0 Å². The van der Waals surface area contributed by atoms with E-state index in [1.54, 1.807) is 7.11 Å². The van der Waals surface area contributed by atoms with Crippen molar-refractivity contribution >= 4 is 22.0 Å². The summed E-state index contributed by atoms with van der Waals surface area (Å²) in [5.41, 5.74) is 1.19. The number of likely N-dealkylation sites (tertiary alicyclic amines) is 1. The average molecular weight is 416 g/mol. The number of amides is 1. The first-order valence-corrected chi connectivity index (χ1v) is 9.30. The van der Waals surface area contributed by atoms with Crippen LogP contribution in [-0.2, 0) is 20.6 Å². The van der Waals surface area contributed by atoms with Gasteiger partial charge in [0.15, 0.2) is 0 Å². The number of methoxy groups -OCH3 is 1. The molecule has 1 saturated heterocycles.